The lowest BCUT2D eigenvalue weighted by atomic mass is 10.1. The molecule has 4 rings (SSSR count). The van der Waals surface area contributed by atoms with E-state index >= 15 is 0 Å². The minimum absolute atomic E-state index is 0.133. The quantitative estimate of drug-likeness (QED) is 0.481. The smallest absolute Gasteiger partial charge is 0.294 e. The fourth-order valence-electron chi connectivity index (χ4n) is 3.22. The lowest BCUT2D eigenvalue weighted by Crippen LogP contribution is -2.36. The van der Waals surface area contributed by atoms with Crippen molar-refractivity contribution in [1.29, 1.82) is 0 Å². The van der Waals surface area contributed by atoms with Crippen LogP contribution in [0.3, 0.4) is 0 Å². The number of benzene rings is 2. The fourth-order valence-corrected chi connectivity index (χ4v) is 4.05. The zero-order valence-corrected chi connectivity index (χ0v) is 16.8. The van der Waals surface area contributed by atoms with Gasteiger partial charge in [0.05, 0.1) is 10.6 Å². The molecule has 1 aliphatic rings. The predicted octanol–water partition coefficient (Wildman–Crippen LogP) is 4.27. The van der Waals surface area contributed by atoms with Gasteiger partial charge in [-0.3, -0.25) is 19.3 Å². The van der Waals surface area contributed by atoms with Crippen molar-refractivity contribution in [3.8, 4) is 0 Å². The van der Waals surface area contributed by atoms with Gasteiger partial charge in [0.15, 0.2) is 17.5 Å². The predicted molar refractivity (Wildman–Crippen MR) is 111 cm³/mol. The lowest BCUT2D eigenvalue weighted by molar-refractivity contribution is -0.127. The topological polar surface area (TPSA) is 71.4 Å². The van der Waals surface area contributed by atoms with Gasteiger partial charge in [0.25, 0.3) is 11.1 Å². The number of nitrogens with zero attached hydrogens (tertiary/aromatic N) is 2. The Hall–Kier alpha value is -3.53. The molecule has 2 aromatic carbocycles. The van der Waals surface area contributed by atoms with Crippen LogP contribution in [-0.2, 0) is 16.6 Å². The number of hydrogen-bond acceptors (Lipinski definition) is 4. The van der Waals surface area contributed by atoms with E-state index in [1.54, 1.807) is 6.08 Å². The van der Waals surface area contributed by atoms with Gasteiger partial charge < -0.3 is 9.88 Å². The van der Waals surface area contributed by atoms with Crippen LogP contribution in [0.25, 0.3) is 17.0 Å². The molecule has 1 N–H and O–H groups in total. The number of para-hydroxylation sites is 1. The van der Waals surface area contributed by atoms with Crippen LogP contribution in [0, 0.1) is 17.5 Å². The normalized spacial score (nSPS) is 15.4. The summed E-state index contributed by atoms with van der Waals surface area (Å²) in [5.74, 6) is -6.32. The maximum atomic E-state index is 13.7. The second kappa shape index (κ2) is 7.95. The maximum absolute atomic E-state index is 13.7. The first-order valence-corrected chi connectivity index (χ1v) is 9.80. The number of imide groups is 1. The van der Waals surface area contributed by atoms with Crippen molar-refractivity contribution >= 4 is 51.5 Å². The Morgan fingerprint density at radius 2 is 1.84 bits per heavy atom. The van der Waals surface area contributed by atoms with Gasteiger partial charge in [-0.15, -0.1) is 0 Å². The first-order chi connectivity index (χ1) is 14.8. The summed E-state index contributed by atoms with van der Waals surface area (Å²) in [6.45, 7) is -0.698. The second-order valence-electron chi connectivity index (χ2n) is 6.75. The summed E-state index contributed by atoms with van der Waals surface area (Å²) in [4.78, 5) is 37.9. The molecule has 1 aliphatic heterocycles. The fraction of sp³-hybridized carbons (Fsp3) is 0.0952. The number of hydrogen-bond donors (Lipinski definition) is 1. The molecule has 0 saturated carbocycles. The number of carbonyl (C=O) groups is 3. The standard InChI is InChI=1S/C21H14F3N3O3S/c1-26-9-11(12-4-2-3-5-15(12)26)8-16-20(29)27(21(30)31-16)10-17(28)25-14-7-6-13(22)18(23)19(14)24/h2-9H,10H2,1H3,(H,25,28)/b16-8+. The van der Waals surface area contributed by atoms with E-state index in [1.165, 1.54) is 0 Å². The Morgan fingerprint density at radius 3 is 2.61 bits per heavy atom. The molecule has 0 spiro atoms. The van der Waals surface area contributed by atoms with E-state index in [4.69, 9.17) is 0 Å². The van der Waals surface area contributed by atoms with Crippen LogP contribution in [-0.4, -0.2) is 33.1 Å². The molecule has 0 atom stereocenters. The molecule has 0 bridgehead atoms. The monoisotopic (exact) mass is 445 g/mol. The number of halogens is 3. The summed E-state index contributed by atoms with van der Waals surface area (Å²) in [5, 5.41) is 2.26. The molecule has 6 nitrogen and oxygen atoms in total. The van der Waals surface area contributed by atoms with E-state index in [9.17, 15) is 27.6 Å². The van der Waals surface area contributed by atoms with Crippen LogP contribution in [0.1, 0.15) is 5.56 Å². The minimum atomic E-state index is -1.73. The molecule has 1 aromatic heterocycles. The molecule has 158 valence electrons. The van der Waals surface area contributed by atoms with Gasteiger partial charge in [-0.1, -0.05) is 18.2 Å². The van der Waals surface area contributed by atoms with E-state index in [-0.39, 0.29) is 4.91 Å². The highest BCUT2D eigenvalue weighted by Gasteiger charge is 2.36. The zero-order chi connectivity index (χ0) is 22.3. The zero-order valence-electron chi connectivity index (χ0n) is 16.0. The first-order valence-electron chi connectivity index (χ1n) is 8.99. The van der Waals surface area contributed by atoms with Gasteiger partial charge in [-0.05, 0) is 36.0 Å². The SMILES string of the molecule is Cn1cc(/C=C2/SC(=O)N(CC(=O)Nc3ccc(F)c(F)c3F)C2=O)c2ccccc21. The molecule has 0 aliphatic carbocycles. The van der Waals surface area contributed by atoms with Gasteiger partial charge >= 0.3 is 0 Å². The highest BCUT2D eigenvalue weighted by atomic mass is 32.2. The van der Waals surface area contributed by atoms with Crippen molar-refractivity contribution in [3.63, 3.8) is 0 Å². The molecule has 2 heterocycles. The van der Waals surface area contributed by atoms with Crippen molar-refractivity contribution in [2.24, 2.45) is 7.05 Å². The lowest BCUT2D eigenvalue weighted by Gasteiger charge is -2.13. The second-order valence-corrected chi connectivity index (χ2v) is 7.74. The molecule has 3 aromatic rings. The Labute approximate surface area is 178 Å². The summed E-state index contributed by atoms with van der Waals surface area (Å²) < 4.78 is 41.9. The van der Waals surface area contributed by atoms with Crippen molar-refractivity contribution < 1.29 is 27.6 Å². The molecular weight excluding hydrogens is 431 g/mol. The Morgan fingerprint density at radius 1 is 1.10 bits per heavy atom. The number of aryl methyl sites for hydroxylation is 1. The van der Waals surface area contributed by atoms with Gasteiger partial charge in [-0.2, -0.15) is 0 Å². The molecule has 1 fully saturated rings. The summed E-state index contributed by atoms with van der Waals surface area (Å²) in [7, 11) is 1.85. The van der Waals surface area contributed by atoms with Gasteiger partial charge in [0.1, 0.15) is 6.54 Å². The molecule has 0 radical (unpaired) electrons. The highest BCUT2D eigenvalue weighted by Crippen LogP contribution is 2.34. The van der Waals surface area contributed by atoms with Crippen molar-refractivity contribution in [2.75, 3.05) is 11.9 Å². The van der Waals surface area contributed by atoms with Crippen molar-refractivity contribution in [1.82, 2.24) is 9.47 Å². The van der Waals surface area contributed by atoms with Crippen LogP contribution in [0.15, 0.2) is 47.5 Å². The van der Waals surface area contributed by atoms with Crippen LogP contribution >= 0.6 is 11.8 Å². The number of carbonyl (C=O) groups excluding carboxylic acids is 3. The summed E-state index contributed by atoms with van der Waals surface area (Å²) in [6.07, 6.45) is 3.39. The molecule has 1 saturated heterocycles. The third-order valence-corrected chi connectivity index (χ3v) is 5.61. The molecule has 10 heteroatoms. The van der Waals surface area contributed by atoms with Crippen LogP contribution in [0.4, 0.5) is 23.7 Å². The molecule has 31 heavy (non-hydrogen) atoms. The summed E-state index contributed by atoms with van der Waals surface area (Å²) >= 11 is 0.676. The third-order valence-electron chi connectivity index (χ3n) is 4.70. The molecule has 3 amide bonds. The first kappa shape index (κ1) is 20.7. The van der Waals surface area contributed by atoms with Crippen molar-refractivity contribution in [3.05, 3.63) is 70.5 Å². The third kappa shape index (κ3) is 3.81. The van der Waals surface area contributed by atoms with E-state index in [0.717, 1.165) is 22.5 Å². The van der Waals surface area contributed by atoms with Crippen LogP contribution in [0.2, 0.25) is 0 Å². The van der Waals surface area contributed by atoms with E-state index in [0.29, 0.717) is 22.7 Å². The van der Waals surface area contributed by atoms with Gasteiger partial charge in [0, 0.05) is 29.7 Å². The average Bonchev–Trinajstić information content (AvgIpc) is 3.20. The van der Waals surface area contributed by atoms with Crippen molar-refractivity contribution in [2.45, 2.75) is 0 Å². The van der Waals surface area contributed by atoms with Crippen LogP contribution < -0.4 is 5.32 Å². The number of amides is 3. The number of fused-ring (bicyclic) bond motifs is 1. The highest BCUT2D eigenvalue weighted by molar-refractivity contribution is 8.18. The Kier molecular flexibility index (Phi) is 5.32. The summed E-state index contributed by atoms with van der Waals surface area (Å²) in [5.41, 5.74) is 1.08. The largest absolute Gasteiger partial charge is 0.350 e. The average molecular weight is 445 g/mol. The van der Waals surface area contributed by atoms with Gasteiger partial charge in [0.2, 0.25) is 5.91 Å². The number of thioether (sulfide) groups is 1. The summed E-state index contributed by atoms with van der Waals surface area (Å²) in [6, 6.07) is 9.04. The Balaban J connectivity index is 1.53. The Bertz CT molecular complexity index is 1290. The molecular formula is C21H14F3N3O3S. The number of nitrogens with one attached hydrogen (secondary N) is 1. The number of aromatic nitrogens is 1. The van der Waals surface area contributed by atoms with Crippen LogP contribution in [0.5, 0.6) is 0 Å². The van der Waals surface area contributed by atoms with E-state index < -0.39 is 46.7 Å². The maximum Gasteiger partial charge on any atom is 0.294 e. The number of rotatable bonds is 4. The number of anilines is 1. The molecule has 0 unspecified atom stereocenters. The van der Waals surface area contributed by atoms with Gasteiger partial charge in [-0.25, -0.2) is 13.2 Å². The van der Waals surface area contributed by atoms with E-state index in [2.05, 4.69) is 0 Å². The van der Waals surface area contributed by atoms with E-state index in [1.807, 2.05) is 47.4 Å². The minimum Gasteiger partial charge on any atom is -0.350 e.